The van der Waals surface area contributed by atoms with Crippen molar-refractivity contribution in [1.82, 2.24) is 15.2 Å². The normalized spacial score (nSPS) is 25.4. The number of pyridine rings is 1. The van der Waals surface area contributed by atoms with Crippen molar-refractivity contribution in [2.75, 3.05) is 12.0 Å². The zero-order valence-electron chi connectivity index (χ0n) is 14.9. The summed E-state index contributed by atoms with van der Waals surface area (Å²) in [5, 5.41) is 12.8. The van der Waals surface area contributed by atoms with Crippen molar-refractivity contribution in [3.05, 3.63) is 53.1 Å². The minimum atomic E-state index is -1.29. The highest BCUT2D eigenvalue weighted by molar-refractivity contribution is 8.14. The number of thioether (sulfide) groups is 1. The number of aromatic nitrogens is 3. The average molecular weight is 433 g/mol. The molecule has 1 unspecified atom stereocenters. The Balaban J connectivity index is 1.57. The number of aliphatic imine (C=N–C) groups is 1. The van der Waals surface area contributed by atoms with Crippen LogP contribution >= 0.6 is 23.4 Å². The van der Waals surface area contributed by atoms with E-state index in [2.05, 4.69) is 25.5 Å². The predicted octanol–water partition coefficient (Wildman–Crippen LogP) is 4.18. The standard InChI is InChI=1S/C19H15ClF2N6S/c20-10-3-9-6-25-28-17(16(9)24-7-10)26-11-1-2-14(22)12(4-11)19(8-21)13-5-15(13)29-18(23)27-19/h1-4,6-7,13,15H,5,8H2,(H2,23,27)(H,26,28)/t13-,15?,19-/m1/s1. The molecule has 3 atom stereocenters. The van der Waals surface area contributed by atoms with E-state index in [4.69, 9.17) is 17.3 Å². The van der Waals surface area contributed by atoms with Crippen molar-refractivity contribution in [3.63, 3.8) is 0 Å². The molecule has 3 N–H and O–H groups in total. The molecular formula is C19H15ClF2N6S. The van der Waals surface area contributed by atoms with Crippen LogP contribution in [0.1, 0.15) is 12.0 Å². The van der Waals surface area contributed by atoms with Gasteiger partial charge in [0.25, 0.3) is 0 Å². The lowest BCUT2D eigenvalue weighted by atomic mass is 9.86. The third kappa shape index (κ3) is 3.08. The van der Waals surface area contributed by atoms with Crippen molar-refractivity contribution in [3.8, 4) is 0 Å². The number of rotatable bonds is 4. The molecule has 0 radical (unpaired) electrons. The van der Waals surface area contributed by atoms with Crippen LogP contribution in [0.3, 0.4) is 0 Å². The molecule has 1 aliphatic heterocycles. The minimum absolute atomic E-state index is 0.0734. The molecule has 0 amide bonds. The van der Waals surface area contributed by atoms with Gasteiger partial charge in [-0.1, -0.05) is 23.4 Å². The molecule has 3 heterocycles. The zero-order valence-corrected chi connectivity index (χ0v) is 16.5. The molecule has 29 heavy (non-hydrogen) atoms. The van der Waals surface area contributed by atoms with Gasteiger partial charge >= 0.3 is 0 Å². The molecule has 0 bridgehead atoms. The summed E-state index contributed by atoms with van der Waals surface area (Å²) in [4.78, 5) is 8.65. The zero-order chi connectivity index (χ0) is 20.2. The van der Waals surface area contributed by atoms with Crippen LogP contribution in [0.25, 0.3) is 10.9 Å². The van der Waals surface area contributed by atoms with E-state index in [-0.39, 0.29) is 16.7 Å². The van der Waals surface area contributed by atoms with Crippen LogP contribution in [0, 0.1) is 11.7 Å². The van der Waals surface area contributed by atoms with Crippen LogP contribution in [0.4, 0.5) is 20.3 Å². The van der Waals surface area contributed by atoms with Gasteiger partial charge in [0.2, 0.25) is 0 Å². The number of anilines is 2. The monoisotopic (exact) mass is 432 g/mol. The van der Waals surface area contributed by atoms with Crippen LogP contribution in [0.5, 0.6) is 0 Å². The maximum atomic E-state index is 14.8. The van der Waals surface area contributed by atoms with E-state index in [1.165, 1.54) is 24.0 Å². The van der Waals surface area contributed by atoms with Gasteiger partial charge in [-0.2, -0.15) is 5.10 Å². The number of hydrogen-bond donors (Lipinski definition) is 2. The molecule has 148 valence electrons. The van der Waals surface area contributed by atoms with E-state index in [1.54, 1.807) is 24.4 Å². The fraction of sp³-hybridized carbons (Fsp3) is 0.263. The Morgan fingerprint density at radius 2 is 2.17 bits per heavy atom. The van der Waals surface area contributed by atoms with Crippen molar-refractivity contribution < 1.29 is 8.78 Å². The number of hydrogen-bond acceptors (Lipinski definition) is 7. The van der Waals surface area contributed by atoms with E-state index >= 15 is 0 Å². The first-order valence-corrected chi connectivity index (χ1v) is 10.2. The van der Waals surface area contributed by atoms with Crippen molar-refractivity contribution in [1.29, 1.82) is 0 Å². The summed E-state index contributed by atoms with van der Waals surface area (Å²) in [5.41, 5.74) is 5.88. The molecule has 0 saturated heterocycles. The lowest BCUT2D eigenvalue weighted by Crippen LogP contribution is -2.36. The number of nitrogens with zero attached hydrogens (tertiary/aromatic N) is 4. The molecule has 1 aromatic carbocycles. The maximum absolute atomic E-state index is 14.8. The molecular weight excluding hydrogens is 418 g/mol. The largest absolute Gasteiger partial charge is 0.379 e. The number of amidine groups is 1. The summed E-state index contributed by atoms with van der Waals surface area (Å²) in [6.07, 6.45) is 3.82. The smallest absolute Gasteiger partial charge is 0.179 e. The summed E-state index contributed by atoms with van der Waals surface area (Å²) in [7, 11) is 0. The minimum Gasteiger partial charge on any atom is -0.379 e. The Bertz CT molecular complexity index is 1160. The highest BCUT2D eigenvalue weighted by atomic mass is 35.5. The van der Waals surface area contributed by atoms with E-state index < -0.39 is 18.0 Å². The number of fused-ring (bicyclic) bond motifs is 2. The Morgan fingerprint density at radius 1 is 1.31 bits per heavy atom. The number of nitrogens with one attached hydrogen (secondary N) is 1. The highest BCUT2D eigenvalue weighted by Gasteiger charge is 2.58. The van der Waals surface area contributed by atoms with Crippen LogP contribution in [0.15, 0.2) is 41.7 Å². The second kappa shape index (κ2) is 6.77. The van der Waals surface area contributed by atoms with Crippen molar-refractivity contribution in [2.24, 2.45) is 16.6 Å². The van der Waals surface area contributed by atoms with E-state index in [0.29, 0.717) is 32.6 Å². The first-order chi connectivity index (χ1) is 14.0. The van der Waals surface area contributed by atoms with Gasteiger partial charge in [0.15, 0.2) is 11.0 Å². The van der Waals surface area contributed by atoms with Crippen LogP contribution in [-0.4, -0.2) is 32.3 Å². The molecule has 5 rings (SSSR count). The summed E-state index contributed by atoms with van der Waals surface area (Å²) in [6, 6.07) is 6.13. The van der Waals surface area contributed by atoms with Gasteiger partial charge in [-0.25, -0.2) is 13.8 Å². The number of benzene rings is 1. The first kappa shape index (κ1) is 18.5. The lowest BCUT2D eigenvalue weighted by molar-refractivity contribution is 0.272. The molecule has 2 aromatic heterocycles. The van der Waals surface area contributed by atoms with Crippen LogP contribution in [0.2, 0.25) is 5.02 Å². The Morgan fingerprint density at radius 3 is 3.00 bits per heavy atom. The summed E-state index contributed by atoms with van der Waals surface area (Å²) < 4.78 is 29.0. The van der Waals surface area contributed by atoms with E-state index in [1.807, 2.05) is 0 Å². The van der Waals surface area contributed by atoms with Crippen LogP contribution in [-0.2, 0) is 5.54 Å². The fourth-order valence-corrected chi connectivity index (χ4v) is 5.21. The molecule has 6 nitrogen and oxygen atoms in total. The van der Waals surface area contributed by atoms with Gasteiger partial charge in [0.1, 0.15) is 23.5 Å². The molecule has 1 saturated carbocycles. The topological polar surface area (TPSA) is 89.1 Å². The van der Waals surface area contributed by atoms with Gasteiger partial charge in [-0.05, 0) is 30.7 Å². The quantitative estimate of drug-likeness (QED) is 0.643. The average Bonchev–Trinajstić information content (AvgIpc) is 3.48. The highest BCUT2D eigenvalue weighted by Crippen LogP contribution is 2.58. The van der Waals surface area contributed by atoms with Crippen molar-refractivity contribution >= 4 is 50.9 Å². The van der Waals surface area contributed by atoms with Crippen LogP contribution < -0.4 is 11.1 Å². The SMILES string of the molecule is NC1=N[C@](CF)(c2cc(Nc3nncc4cc(Cl)cnc34)ccc2F)[C@@H]2CC2S1. The third-order valence-corrected chi connectivity index (χ3v) is 6.65. The molecule has 1 fully saturated rings. The van der Waals surface area contributed by atoms with E-state index in [9.17, 15) is 8.78 Å². The number of nitrogens with two attached hydrogens (primary N) is 1. The molecule has 2 aliphatic rings. The predicted molar refractivity (Wildman–Crippen MR) is 111 cm³/mol. The Kier molecular flexibility index (Phi) is 4.32. The Hall–Kier alpha value is -2.52. The van der Waals surface area contributed by atoms with Gasteiger partial charge < -0.3 is 11.1 Å². The second-order valence-electron chi connectivity index (χ2n) is 7.11. The van der Waals surface area contributed by atoms with Gasteiger partial charge in [-0.3, -0.25) is 4.98 Å². The molecule has 0 spiro atoms. The van der Waals surface area contributed by atoms with Gasteiger partial charge in [0, 0.05) is 34.0 Å². The first-order valence-electron chi connectivity index (χ1n) is 8.92. The van der Waals surface area contributed by atoms with Gasteiger partial charge in [0.05, 0.1) is 11.2 Å². The van der Waals surface area contributed by atoms with Crippen molar-refractivity contribution in [2.45, 2.75) is 17.2 Å². The van der Waals surface area contributed by atoms with E-state index in [0.717, 1.165) is 6.42 Å². The number of halogens is 3. The number of alkyl halides is 1. The lowest BCUT2D eigenvalue weighted by Gasteiger charge is -2.31. The molecule has 1 aliphatic carbocycles. The Labute approximate surface area is 174 Å². The summed E-state index contributed by atoms with van der Waals surface area (Å²) in [6.45, 7) is -0.816. The third-order valence-electron chi connectivity index (χ3n) is 5.29. The molecule has 10 heteroatoms. The fourth-order valence-electron chi connectivity index (χ4n) is 3.83. The van der Waals surface area contributed by atoms with Gasteiger partial charge in [-0.15, -0.1) is 5.10 Å². The summed E-state index contributed by atoms with van der Waals surface area (Å²) >= 11 is 7.41. The molecule has 3 aromatic rings. The second-order valence-corrected chi connectivity index (χ2v) is 8.81. The maximum Gasteiger partial charge on any atom is 0.179 e. The summed E-state index contributed by atoms with van der Waals surface area (Å²) in [5.74, 6) is -0.204.